The van der Waals surface area contributed by atoms with Crippen molar-refractivity contribution in [3.63, 3.8) is 0 Å². The summed E-state index contributed by atoms with van der Waals surface area (Å²) in [6.45, 7) is 2.65. The smallest absolute Gasteiger partial charge is 0.267 e. The SMILES string of the molecule is C=NCc1c[nH]c2c(NS(=O)(=O)c3cnn(CC(F)F)c3N)ccc(F)c12. The predicted octanol–water partition coefficient (Wildman–Crippen LogP) is 2.35. The average Bonchev–Trinajstić information content (AvgIpc) is 3.16. The van der Waals surface area contributed by atoms with Crippen molar-refractivity contribution in [2.24, 2.45) is 4.99 Å². The first-order valence-electron chi connectivity index (χ1n) is 7.57. The third-order valence-corrected chi connectivity index (χ3v) is 5.22. The van der Waals surface area contributed by atoms with Crippen molar-refractivity contribution < 1.29 is 21.6 Å². The normalized spacial score (nSPS) is 12.0. The lowest BCUT2D eigenvalue weighted by Crippen LogP contribution is -2.16. The van der Waals surface area contributed by atoms with Crippen molar-refractivity contribution >= 4 is 39.1 Å². The summed E-state index contributed by atoms with van der Waals surface area (Å²) in [6, 6.07) is 2.33. The van der Waals surface area contributed by atoms with Crippen molar-refractivity contribution in [1.29, 1.82) is 0 Å². The summed E-state index contributed by atoms with van der Waals surface area (Å²) in [5.41, 5.74) is 6.40. The molecule has 0 fully saturated rings. The number of hydrogen-bond acceptors (Lipinski definition) is 5. The van der Waals surface area contributed by atoms with Crippen LogP contribution in [0.5, 0.6) is 0 Å². The number of sulfonamides is 1. The molecule has 0 amide bonds. The van der Waals surface area contributed by atoms with E-state index in [2.05, 4.69) is 26.5 Å². The van der Waals surface area contributed by atoms with E-state index in [4.69, 9.17) is 5.73 Å². The van der Waals surface area contributed by atoms with Crippen LogP contribution < -0.4 is 10.5 Å². The molecule has 1 aromatic carbocycles. The van der Waals surface area contributed by atoms with Crippen LogP contribution in [0.15, 0.2) is 34.4 Å². The van der Waals surface area contributed by atoms with Crippen molar-refractivity contribution in [1.82, 2.24) is 14.8 Å². The Kier molecular flexibility index (Phi) is 4.83. The molecule has 2 aromatic heterocycles. The number of anilines is 2. The van der Waals surface area contributed by atoms with Crippen LogP contribution in [-0.2, 0) is 23.1 Å². The second-order valence-corrected chi connectivity index (χ2v) is 7.26. The molecule has 0 atom stereocenters. The molecule has 0 aliphatic carbocycles. The van der Waals surface area contributed by atoms with Gasteiger partial charge in [0.05, 0.1) is 23.9 Å². The molecule has 27 heavy (non-hydrogen) atoms. The minimum absolute atomic E-state index is 0.0581. The lowest BCUT2D eigenvalue weighted by Gasteiger charge is -2.10. The lowest BCUT2D eigenvalue weighted by atomic mass is 10.1. The lowest BCUT2D eigenvalue weighted by molar-refractivity contribution is 0.122. The maximum absolute atomic E-state index is 14.2. The monoisotopic (exact) mass is 400 g/mol. The molecular weight excluding hydrogens is 385 g/mol. The molecule has 0 aliphatic heterocycles. The summed E-state index contributed by atoms with van der Waals surface area (Å²) in [4.78, 5) is 6.03. The first-order chi connectivity index (χ1) is 12.7. The zero-order valence-corrected chi connectivity index (χ0v) is 14.6. The Morgan fingerprint density at radius 3 is 2.81 bits per heavy atom. The standard InChI is InChI=1S/C15H15F3N6O2S/c1-20-4-8-5-21-14-10(3-2-9(16)13(8)14)23-27(25,26)11-6-22-24(15(11)19)7-12(17)18/h2-3,5-6,12,21,23H,1,4,7,19H2. The third kappa shape index (κ3) is 3.47. The summed E-state index contributed by atoms with van der Waals surface area (Å²) in [6.07, 6.45) is -0.374. The van der Waals surface area contributed by atoms with Crippen molar-refractivity contribution in [2.75, 3.05) is 10.5 Å². The van der Waals surface area contributed by atoms with Crippen LogP contribution >= 0.6 is 0 Å². The van der Waals surface area contributed by atoms with E-state index in [1.54, 1.807) is 0 Å². The Morgan fingerprint density at radius 1 is 1.41 bits per heavy atom. The van der Waals surface area contributed by atoms with Gasteiger partial charge in [0.25, 0.3) is 16.4 Å². The Bertz CT molecular complexity index is 1110. The number of nitrogens with one attached hydrogen (secondary N) is 2. The van der Waals surface area contributed by atoms with Gasteiger partial charge in [-0.15, -0.1) is 0 Å². The number of halogens is 3. The summed E-state index contributed by atoms with van der Waals surface area (Å²) in [5.74, 6) is -0.985. The fraction of sp³-hybridized carbons (Fsp3) is 0.200. The number of aliphatic imine (C=N–C) groups is 1. The average molecular weight is 400 g/mol. The first-order valence-corrected chi connectivity index (χ1v) is 9.06. The van der Waals surface area contributed by atoms with Crippen molar-refractivity contribution in [3.05, 3.63) is 35.9 Å². The zero-order valence-electron chi connectivity index (χ0n) is 13.8. The summed E-state index contributed by atoms with van der Waals surface area (Å²) in [7, 11) is -4.25. The maximum Gasteiger partial charge on any atom is 0.267 e. The minimum Gasteiger partial charge on any atom is -0.383 e. The van der Waals surface area contributed by atoms with E-state index in [0.717, 1.165) is 12.3 Å². The molecule has 3 aromatic rings. The van der Waals surface area contributed by atoms with E-state index in [1.165, 1.54) is 12.3 Å². The fourth-order valence-electron chi connectivity index (χ4n) is 2.66. The molecule has 8 nitrogen and oxygen atoms in total. The Balaban J connectivity index is 2.01. The summed E-state index contributed by atoms with van der Waals surface area (Å²) >= 11 is 0. The van der Waals surface area contributed by atoms with Crippen LogP contribution in [0.3, 0.4) is 0 Å². The number of aromatic nitrogens is 3. The van der Waals surface area contributed by atoms with Crippen LogP contribution in [0.25, 0.3) is 10.9 Å². The molecule has 2 heterocycles. The number of fused-ring (bicyclic) bond motifs is 1. The molecule has 4 N–H and O–H groups in total. The van der Waals surface area contributed by atoms with Gasteiger partial charge in [-0.05, 0) is 18.9 Å². The number of alkyl halides is 2. The van der Waals surface area contributed by atoms with E-state index >= 15 is 0 Å². The Labute approximate surface area is 151 Å². The fourth-order valence-corrected chi connectivity index (χ4v) is 3.80. The van der Waals surface area contributed by atoms with Crippen LogP contribution in [0.4, 0.5) is 24.7 Å². The maximum atomic E-state index is 14.2. The molecule has 144 valence electrons. The van der Waals surface area contributed by atoms with Gasteiger partial charge in [-0.1, -0.05) is 0 Å². The molecule has 0 spiro atoms. The molecule has 0 saturated carbocycles. The van der Waals surface area contributed by atoms with Gasteiger partial charge in [0, 0.05) is 17.1 Å². The molecule has 0 saturated heterocycles. The largest absolute Gasteiger partial charge is 0.383 e. The number of nitrogens with two attached hydrogens (primary N) is 1. The van der Waals surface area contributed by atoms with E-state index < -0.39 is 39.5 Å². The van der Waals surface area contributed by atoms with Gasteiger partial charge >= 0.3 is 0 Å². The van der Waals surface area contributed by atoms with E-state index in [9.17, 15) is 21.6 Å². The quantitative estimate of drug-likeness (QED) is 0.528. The Hall–Kier alpha value is -3.02. The molecule has 0 radical (unpaired) electrons. The van der Waals surface area contributed by atoms with Gasteiger partial charge < -0.3 is 10.7 Å². The van der Waals surface area contributed by atoms with E-state index in [-0.39, 0.29) is 23.1 Å². The molecule has 3 rings (SSSR count). The van der Waals surface area contributed by atoms with Crippen LogP contribution in [0, 0.1) is 5.82 Å². The highest BCUT2D eigenvalue weighted by Crippen LogP contribution is 2.31. The molecule has 12 heteroatoms. The van der Waals surface area contributed by atoms with Gasteiger partial charge in [0.15, 0.2) is 0 Å². The number of nitrogens with zero attached hydrogens (tertiary/aromatic N) is 3. The highest BCUT2D eigenvalue weighted by molar-refractivity contribution is 7.92. The van der Waals surface area contributed by atoms with Crippen LogP contribution in [-0.4, -0.2) is 36.3 Å². The van der Waals surface area contributed by atoms with Gasteiger partial charge in [-0.25, -0.2) is 26.3 Å². The van der Waals surface area contributed by atoms with Crippen molar-refractivity contribution in [2.45, 2.75) is 24.4 Å². The Morgan fingerprint density at radius 2 is 2.15 bits per heavy atom. The minimum atomic E-state index is -4.25. The predicted molar refractivity (Wildman–Crippen MR) is 95.0 cm³/mol. The molecule has 0 aliphatic rings. The molecular formula is C15H15F3N6O2S. The van der Waals surface area contributed by atoms with E-state index in [0.29, 0.717) is 10.2 Å². The van der Waals surface area contributed by atoms with Crippen molar-refractivity contribution in [3.8, 4) is 0 Å². The van der Waals surface area contributed by atoms with Gasteiger partial charge in [-0.2, -0.15) is 5.10 Å². The number of aromatic amines is 1. The number of rotatable bonds is 7. The first kappa shape index (κ1) is 18.8. The zero-order chi connectivity index (χ0) is 19.8. The van der Waals surface area contributed by atoms with Gasteiger partial charge in [0.1, 0.15) is 23.1 Å². The van der Waals surface area contributed by atoms with Gasteiger partial charge in [0.2, 0.25) is 0 Å². The van der Waals surface area contributed by atoms with E-state index in [1.807, 2.05) is 0 Å². The number of hydrogen-bond donors (Lipinski definition) is 3. The topological polar surface area (TPSA) is 118 Å². The second kappa shape index (κ2) is 6.95. The molecule has 0 unspecified atom stereocenters. The molecule has 0 bridgehead atoms. The third-order valence-electron chi connectivity index (χ3n) is 3.84. The second-order valence-electron chi connectivity index (χ2n) is 5.61. The summed E-state index contributed by atoms with van der Waals surface area (Å²) < 4.78 is 67.4. The van der Waals surface area contributed by atoms with Gasteiger partial charge in [-0.3, -0.25) is 9.71 Å². The summed E-state index contributed by atoms with van der Waals surface area (Å²) in [5, 5.41) is 3.74. The highest BCUT2D eigenvalue weighted by atomic mass is 32.2. The number of benzene rings is 1. The number of nitrogen functional groups attached to an aromatic ring is 1. The highest BCUT2D eigenvalue weighted by Gasteiger charge is 2.24. The van der Waals surface area contributed by atoms with Crippen LogP contribution in [0.1, 0.15) is 5.56 Å². The van der Waals surface area contributed by atoms with Crippen LogP contribution in [0.2, 0.25) is 0 Å². The number of H-pyrrole nitrogens is 1.